The smallest absolute Gasteiger partial charge is 0.257 e. The van der Waals surface area contributed by atoms with Crippen molar-refractivity contribution in [3.05, 3.63) is 41.5 Å². The molecule has 24 heavy (non-hydrogen) atoms. The summed E-state index contributed by atoms with van der Waals surface area (Å²) < 4.78 is 11.3. The summed E-state index contributed by atoms with van der Waals surface area (Å²) in [4.78, 5) is 22.7. The number of piperidine rings is 1. The van der Waals surface area contributed by atoms with E-state index in [1.807, 2.05) is 36.2 Å². The number of hydrogen-bond donors (Lipinski definition) is 1. The molecule has 1 saturated heterocycles. The number of amides is 1. The minimum absolute atomic E-state index is 0.00493. The van der Waals surface area contributed by atoms with Crippen LogP contribution in [0.2, 0.25) is 0 Å². The maximum Gasteiger partial charge on any atom is 0.257 e. The second-order valence-corrected chi connectivity index (χ2v) is 6.37. The average molecular weight is 327 g/mol. The highest BCUT2D eigenvalue weighted by atomic mass is 16.6. The highest BCUT2D eigenvalue weighted by Gasteiger charge is 2.30. The maximum atomic E-state index is 13.0. The fourth-order valence-corrected chi connectivity index (χ4v) is 3.44. The van der Waals surface area contributed by atoms with Crippen LogP contribution in [0.3, 0.4) is 0 Å². The molecule has 6 heteroatoms. The molecule has 1 amide bonds. The molecule has 0 saturated carbocycles. The van der Waals surface area contributed by atoms with Gasteiger partial charge < -0.3 is 19.4 Å². The average Bonchev–Trinajstić information content (AvgIpc) is 3.07. The third-order valence-corrected chi connectivity index (χ3v) is 4.61. The molecule has 2 aliphatic rings. The number of imidazole rings is 1. The summed E-state index contributed by atoms with van der Waals surface area (Å²) in [6, 6.07) is 5.50. The Labute approximate surface area is 140 Å². The van der Waals surface area contributed by atoms with E-state index in [4.69, 9.17) is 9.47 Å². The van der Waals surface area contributed by atoms with Gasteiger partial charge in [-0.1, -0.05) is 6.07 Å². The van der Waals surface area contributed by atoms with Gasteiger partial charge in [0.15, 0.2) is 11.5 Å². The third-order valence-electron chi connectivity index (χ3n) is 4.61. The van der Waals surface area contributed by atoms with Crippen LogP contribution < -0.4 is 9.47 Å². The van der Waals surface area contributed by atoms with E-state index in [2.05, 4.69) is 9.97 Å². The Morgan fingerprint density at radius 2 is 2.21 bits per heavy atom. The molecule has 0 radical (unpaired) electrons. The number of carbonyl (C=O) groups excluding carboxylic acids is 1. The zero-order valence-electron chi connectivity index (χ0n) is 13.7. The molecule has 1 unspecified atom stereocenters. The summed E-state index contributed by atoms with van der Waals surface area (Å²) in [6.07, 6.45) is 3.86. The van der Waals surface area contributed by atoms with E-state index in [1.165, 1.54) is 0 Å². The number of benzene rings is 1. The van der Waals surface area contributed by atoms with Gasteiger partial charge in [-0.05, 0) is 31.9 Å². The number of nitrogens with zero attached hydrogens (tertiary/aromatic N) is 2. The van der Waals surface area contributed by atoms with Crippen LogP contribution in [-0.4, -0.2) is 47.1 Å². The molecule has 1 atom stereocenters. The van der Waals surface area contributed by atoms with Crippen LogP contribution in [0.15, 0.2) is 24.4 Å². The van der Waals surface area contributed by atoms with Crippen molar-refractivity contribution in [1.29, 1.82) is 0 Å². The number of H-pyrrole nitrogens is 1. The standard InChI is InChI=1S/C18H21N3O3/c1-12-10-19-17(20-12)13-4-3-7-21(11-13)18(22)14-5-2-6-15-16(14)24-9-8-23-15/h2,5-6,10,13H,3-4,7-9,11H2,1H3,(H,19,20). The molecule has 2 aliphatic heterocycles. The van der Waals surface area contributed by atoms with Gasteiger partial charge in [-0.15, -0.1) is 0 Å². The lowest BCUT2D eigenvalue weighted by Gasteiger charge is -2.32. The molecular formula is C18H21N3O3. The second kappa shape index (κ2) is 6.19. The Morgan fingerprint density at radius 3 is 3.04 bits per heavy atom. The van der Waals surface area contributed by atoms with Crippen molar-refractivity contribution in [2.45, 2.75) is 25.7 Å². The van der Waals surface area contributed by atoms with Gasteiger partial charge in [0.2, 0.25) is 0 Å². The van der Waals surface area contributed by atoms with Gasteiger partial charge in [0.25, 0.3) is 5.91 Å². The summed E-state index contributed by atoms with van der Waals surface area (Å²) in [6.45, 7) is 4.44. The number of para-hydroxylation sites is 1. The van der Waals surface area contributed by atoms with Gasteiger partial charge in [0, 0.05) is 30.9 Å². The lowest BCUT2D eigenvalue weighted by molar-refractivity contribution is 0.0694. The van der Waals surface area contributed by atoms with Gasteiger partial charge in [-0.25, -0.2) is 4.98 Å². The first-order valence-corrected chi connectivity index (χ1v) is 8.42. The first-order chi connectivity index (χ1) is 11.7. The quantitative estimate of drug-likeness (QED) is 0.920. The van der Waals surface area contributed by atoms with Gasteiger partial charge >= 0.3 is 0 Å². The Bertz CT molecular complexity index is 756. The summed E-state index contributed by atoms with van der Waals surface area (Å²) in [7, 11) is 0. The van der Waals surface area contributed by atoms with E-state index in [9.17, 15) is 4.79 Å². The van der Waals surface area contributed by atoms with E-state index >= 15 is 0 Å². The third kappa shape index (κ3) is 2.72. The molecule has 0 bridgehead atoms. The van der Waals surface area contributed by atoms with Crippen molar-refractivity contribution in [3.63, 3.8) is 0 Å². The van der Waals surface area contributed by atoms with Crippen LogP contribution in [0, 0.1) is 6.92 Å². The second-order valence-electron chi connectivity index (χ2n) is 6.37. The van der Waals surface area contributed by atoms with Gasteiger partial charge in [0.05, 0.1) is 5.56 Å². The Kier molecular flexibility index (Phi) is 3.88. The van der Waals surface area contributed by atoms with Crippen LogP contribution in [0.25, 0.3) is 0 Å². The molecule has 4 rings (SSSR count). The fraction of sp³-hybridized carbons (Fsp3) is 0.444. The van der Waals surface area contributed by atoms with E-state index in [1.54, 1.807) is 0 Å². The van der Waals surface area contributed by atoms with Crippen molar-refractivity contribution in [3.8, 4) is 11.5 Å². The Hall–Kier alpha value is -2.50. The SMILES string of the molecule is Cc1cnc(C2CCCN(C(=O)c3cccc4c3OCCO4)C2)[nH]1. The lowest BCUT2D eigenvalue weighted by Crippen LogP contribution is -2.39. The van der Waals surface area contributed by atoms with E-state index in [-0.39, 0.29) is 11.8 Å². The summed E-state index contributed by atoms with van der Waals surface area (Å²) >= 11 is 0. The molecule has 1 fully saturated rings. The molecule has 126 valence electrons. The predicted molar refractivity (Wildman–Crippen MR) is 88.6 cm³/mol. The monoisotopic (exact) mass is 327 g/mol. The van der Waals surface area contributed by atoms with Crippen LogP contribution in [-0.2, 0) is 0 Å². The number of aryl methyl sites for hydroxylation is 1. The molecule has 3 heterocycles. The minimum atomic E-state index is 0.00493. The normalized spacial score (nSPS) is 20.0. The van der Waals surface area contributed by atoms with Crippen molar-refractivity contribution in [2.24, 2.45) is 0 Å². The summed E-state index contributed by atoms with van der Waals surface area (Å²) in [5, 5.41) is 0. The highest BCUT2D eigenvalue weighted by molar-refractivity contribution is 5.98. The molecule has 1 aromatic carbocycles. The van der Waals surface area contributed by atoms with E-state index in [0.29, 0.717) is 36.8 Å². The van der Waals surface area contributed by atoms with Crippen LogP contribution in [0.5, 0.6) is 11.5 Å². The largest absolute Gasteiger partial charge is 0.486 e. The van der Waals surface area contributed by atoms with E-state index in [0.717, 1.165) is 30.9 Å². The topological polar surface area (TPSA) is 67.5 Å². The minimum Gasteiger partial charge on any atom is -0.486 e. The molecule has 1 N–H and O–H groups in total. The van der Waals surface area contributed by atoms with Gasteiger partial charge in [-0.2, -0.15) is 0 Å². The zero-order valence-corrected chi connectivity index (χ0v) is 13.7. The first kappa shape index (κ1) is 15.1. The fourth-order valence-electron chi connectivity index (χ4n) is 3.44. The van der Waals surface area contributed by atoms with Crippen LogP contribution in [0.1, 0.15) is 40.6 Å². The highest BCUT2D eigenvalue weighted by Crippen LogP contribution is 2.35. The zero-order chi connectivity index (χ0) is 16.5. The van der Waals surface area contributed by atoms with E-state index < -0.39 is 0 Å². The maximum absolute atomic E-state index is 13.0. The van der Waals surface area contributed by atoms with Crippen molar-refractivity contribution < 1.29 is 14.3 Å². The van der Waals surface area contributed by atoms with Crippen LogP contribution >= 0.6 is 0 Å². The van der Waals surface area contributed by atoms with Crippen molar-refractivity contribution in [2.75, 3.05) is 26.3 Å². The Balaban J connectivity index is 1.56. The molecule has 0 spiro atoms. The molecular weight excluding hydrogens is 306 g/mol. The molecule has 6 nitrogen and oxygen atoms in total. The number of rotatable bonds is 2. The summed E-state index contributed by atoms with van der Waals surface area (Å²) in [5.74, 6) is 2.46. The lowest BCUT2D eigenvalue weighted by atomic mass is 9.96. The van der Waals surface area contributed by atoms with Crippen LogP contribution in [0.4, 0.5) is 0 Å². The number of nitrogens with one attached hydrogen (secondary N) is 1. The number of hydrogen-bond acceptors (Lipinski definition) is 4. The molecule has 1 aromatic heterocycles. The number of ether oxygens (including phenoxy) is 2. The number of aromatic nitrogens is 2. The molecule has 0 aliphatic carbocycles. The van der Waals surface area contributed by atoms with Gasteiger partial charge in [0.1, 0.15) is 19.0 Å². The number of aromatic amines is 1. The van der Waals surface area contributed by atoms with Crippen molar-refractivity contribution in [1.82, 2.24) is 14.9 Å². The molecule has 2 aromatic rings. The van der Waals surface area contributed by atoms with Crippen molar-refractivity contribution >= 4 is 5.91 Å². The number of likely N-dealkylation sites (tertiary alicyclic amines) is 1. The summed E-state index contributed by atoms with van der Waals surface area (Å²) in [5.41, 5.74) is 1.64. The van der Waals surface area contributed by atoms with Gasteiger partial charge in [-0.3, -0.25) is 4.79 Å². The predicted octanol–water partition coefficient (Wildman–Crippen LogP) is 2.51. The number of carbonyl (C=O) groups is 1. The first-order valence-electron chi connectivity index (χ1n) is 8.42. The Morgan fingerprint density at radius 1 is 1.33 bits per heavy atom. The number of fused-ring (bicyclic) bond motifs is 1.